The minimum absolute atomic E-state index is 0.0796. The summed E-state index contributed by atoms with van der Waals surface area (Å²) in [5, 5.41) is 17.7. The molecule has 0 saturated heterocycles. The lowest BCUT2D eigenvalue weighted by molar-refractivity contribution is 0.0699. The zero-order valence-corrected chi connectivity index (χ0v) is 14.8. The van der Waals surface area contributed by atoms with Crippen LogP contribution in [0.15, 0.2) is 42.7 Å². The van der Waals surface area contributed by atoms with Gasteiger partial charge in [0.25, 0.3) is 0 Å². The Balaban J connectivity index is 2.05. The molecular formula is C19H19N5O2. The smallest absolute Gasteiger partial charge is 0.341 e. The van der Waals surface area contributed by atoms with Crippen LogP contribution < -0.4 is 5.32 Å². The second kappa shape index (κ2) is 5.87. The summed E-state index contributed by atoms with van der Waals surface area (Å²) in [6.07, 6.45) is 3.40. The summed E-state index contributed by atoms with van der Waals surface area (Å²) in [6, 6.07) is 10.3. The van der Waals surface area contributed by atoms with E-state index in [0.29, 0.717) is 23.2 Å². The maximum Gasteiger partial charge on any atom is 0.341 e. The van der Waals surface area contributed by atoms with Gasteiger partial charge in [0.1, 0.15) is 11.4 Å². The Morgan fingerprint density at radius 2 is 2.04 bits per heavy atom. The first kappa shape index (κ1) is 16.1. The normalized spacial score (nSPS) is 11.5. The Labute approximate surface area is 149 Å². The third kappa shape index (κ3) is 2.32. The predicted octanol–water partition coefficient (Wildman–Crippen LogP) is 3.67. The molecule has 1 aromatic carbocycles. The van der Waals surface area contributed by atoms with E-state index in [1.807, 2.05) is 18.2 Å². The van der Waals surface area contributed by atoms with E-state index in [-0.39, 0.29) is 5.56 Å². The quantitative estimate of drug-likeness (QED) is 0.587. The molecule has 0 radical (unpaired) electrons. The number of hydrogen-bond acceptors (Lipinski definition) is 4. The topological polar surface area (TPSA) is 84.5 Å². The maximum atomic E-state index is 11.5. The summed E-state index contributed by atoms with van der Waals surface area (Å²) in [4.78, 5) is 16.1. The van der Waals surface area contributed by atoms with Gasteiger partial charge in [-0.05, 0) is 19.9 Å². The standard InChI is InChI=1S/C19H19N5O2/c1-11(2)23-10-14(12-6-4-5-7-16(12)23)15-8-17(20-3)24-18(22-15)13(9-21-24)19(25)26/h4-11,20H,1-3H3,(H,25,26). The van der Waals surface area contributed by atoms with Crippen LogP contribution in [0.1, 0.15) is 30.2 Å². The first-order valence-electron chi connectivity index (χ1n) is 8.41. The molecule has 0 saturated carbocycles. The molecule has 0 fully saturated rings. The zero-order valence-electron chi connectivity index (χ0n) is 14.8. The number of nitrogens with zero attached hydrogens (tertiary/aromatic N) is 4. The molecule has 0 bridgehead atoms. The van der Waals surface area contributed by atoms with Crippen LogP contribution in [0.3, 0.4) is 0 Å². The van der Waals surface area contributed by atoms with Crippen LogP contribution in [0, 0.1) is 0 Å². The van der Waals surface area contributed by atoms with Gasteiger partial charge in [-0.15, -0.1) is 0 Å². The number of fused-ring (bicyclic) bond motifs is 2. The lowest BCUT2D eigenvalue weighted by atomic mass is 10.1. The van der Waals surface area contributed by atoms with Gasteiger partial charge in [-0.25, -0.2) is 9.78 Å². The van der Waals surface area contributed by atoms with E-state index in [4.69, 9.17) is 0 Å². The average Bonchev–Trinajstić information content (AvgIpc) is 3.22. The molecule has 0 spiro atoms. The number of carboxylic acid groups (broad SMARTS) is 1. The molecule has 7 heteroatoms. The minimum atomic E-state index is -1.05. The number of anilines is 1. The molecule has 0 atom stereocenters. The highest BCUT2D eigenvalue weighted by molar-refractivity contribution is 5.98. The van der Waals surface area contributed by atoms with Crippen molar-refractivity contribution < 1.29 is 9.90 Å². The number of aromatic carboxylic acids is 1. The van der Waals surface area contributed by atoms with Crippen LogP contribution >= 0.6 is 0 Å². The van der Waals surface area contributed by atoms with Gasteiger partial charge in [-0.2, -0.15) is 9.61 Å². The van der Waals surface area contributed by atoms with Gasteiger partial charge < -0.3 is 15.0 Å². The van der Waals surface area contributed by atoms with Gasteiger partial charge in [0.2, 0.25) is 0 Å². The Bertz CT molecular complexity index is 1140. The SMILES string of the molecule is CNc1cc(-c2cn(C(C)C)c3ccccc23)nc2c(C(=O)O)cnn12. The van der Waals surface area contributed by atoms with Crippen LogP contribution in [0.2, 0.25) is 0 Å². The highest BCUT2D eigenvalue weighted by Gasteiger charge is 2.19. The number of rotatable bonds is 4. The van der Waals surface area contributed by atoms with Crippen LogP contribution in [-0.2, 0) is 0 Å². The summed E-state index contributed by atoms with van der Waals surface area (Å²) >= 11 is 0. The number of hydrogen-bond donors (Lipinski definition) is 2. The zero-order chi connectivity index (χ0) is 18.4. The largest absolute Gasteiger partial charge is 0.477 e. The number of aromatic nitrogens is 4. The summed E-state index contributed by atoms with van der Waals surface area (Å²) in [5.74, 6) is -0.366. The van der Waals surface area contributed by atoms with Crippen molar-refractivity contribution in [1.82, 2.24) is 19.2 Å². The van der Waals surface area contributed by atoms with Gasteiger partial charge in [0, 0.05) is 41.8 Å². The lowest BCUT2D eigenvalue weighted by Crippen LogP contribution is -2.04. The van der Waals surface area contributed by atoms with Gasteiger partial charge in [0.15, 0.2) is 5.65 Å². The fourth-order valence-electron chi connectivity index (χ4n) is 3.27. The summed E-state index contributed by atoms with van der Waals surface area (Å²) in [5.41, 5.74) is 3.19. The molecule has 0 unspecified atom stereocenters. The molecule has 7 nitrogen and oxygen atoms in total. The third-order valence-electron chi connectivity index (χ3n) is 4.53. The second-order valence-electron chi connectivity index (χ2n) is 6.44. The number of carboxylic acids is 1. The van der Waals surface area contributed by atoms with Crippen LogP contribution in [0.4, 0.5) is 5.82 Å². The molecule has 4 aromatic rings. The van der Waals surface area contributed by atoms with E-state index in [1.165, 1.54) is 10.7 Å². The highest BCUT2D eigenvalue weighted by atomic mass is 16.4. The maximum absolute atomic E-state index is 11.5. The molecular weight excluding hydrogens is 330 g/mol. The van der Waals surface area contributed by atoms with Crippen molar-refractivity contribution in [3.63, 3.8) is 0 Å². The Morgan fingerprint density at radius 3 is 2.73 bits per heavy atom. The van der Waals surface area contributed by atoms with E-state index in [1.54, 1.807) is 7.05 Å². The summed E-state index contributed by atoms with van der Waals surface area (Å²) in [6.45, 7) is 4.26. The summed E-state index contributed by atoms with van der Waals surface area (Å²) in [7, 11) is 1.78. The van der Waals surface area contributed by atoms with Crippen molar-refractivity contribution in [2.45, 2.75) is 19.9 Å². The molecule has 3 heterocycles. The van der Waals surface area contributed by atoms with Crippen molar-refractivity contribution in [2.24, 2.45) is 0 Å². The minimum Gasteiger partial charge on any atom is -0.477 e. The van der Waals surface area contributed by atoms with Gasteiger partial charge >= 0.3 is 5.97 Å². The molecule has 2 N–H and O–H groups in total. The van der Waals surface area contributed by atoms with Gasteiger partial charge in [-0.1, -0.05) is 18.2 Å². The van der Waals surface area contributed by atoms with Crippen molar-refractivity contribution in [2.75, 3.05) is 12.4 Å². The van der Waals surface area contributed by atoms with E-state index >= 15 is 0 Å². The summed E-state index contributed by atoms with van der Waals surface area (Å²) < 4.78 is 3.71. The predicted molar refractivity (Wildman–Crippen MR) is 101 cm³/mol. The van der Waals surface area contributed by atoms with Gasteiger partial charge in [0.05, 0.1) is 11.9 Å². The van der Waals surface area contributed by atoms with Crippen molar-refractivity contribution in [3.8, 4) is 11.3 Å². The van der Waals surface area contributed by atoms with Crippen molar-refractivity contribution in [1.29, 1.82) is 0 Å². The number of para-hydroxylation sites is 1. The molecule has 3 aromatic heterocycles. The second-order valence-corrected chi connectivity index (χ2v) is 6.44. The van der Waals surface area contributed by atoms with Crippen LogP contribution in [0.25, 0.3) is 27.8 Å². The molecule has 0 aliphatic carbocycles. The number of benzene rings is 1. The van der Waals surface area contributed by atoms with Crippen LogP contribution in [-0.4, -0.2) is 37.3 Å². The fourth-order valence-corrected chi connectivity index (χ4v) is 3.27. The molecule has 132 valence electrons. The van der Waals surface area contributed by atoms with E-state index in [0.717, 1.165) is 16.5 Å². The molecule has 4 rings (SSSR count). The van der Waals surface area contributed by atoms with Crippen LogP contribution in [0.5, 0.6) is 0 Å². The Hall–Kier alpha value is -3.35. The Kier molecular flexibility index (Phi) is 3.64. The first-order valence-corrected chi connectivity index (χ1v) is 8.41. The lowest BCUT2D eigenvalue weighted by Gasteiger charge is -2.08. The monoisotopic (exact) mass is 349 g/mol. The van der Waals surface area contributed by atoms with Gasteiger partial charge in [-0.3, -0.25) is 0 Å². The van der Waals surface area contributed by atoms with E-state index < -0.39 is 5.97 Å². The fraction of sp³-hybridized carbons (Fsp3) is 0.211. The molecule has 0 amide bonds. The van der Waals surface area contributed by atoms with E-state index in [2.05, 4.69) is 52.1 Å². The third-order valence-corrected chi connectivity index (χ3v) is 4.53. The number of nitrogens with one attached hydrogen (secondary N) is 1. The highest BCUT2D eigenvalue weighted by Crippen LogP contribution is 2.33. The van der Waals surface area contributed by atoms with Crippen molar-refractivity contribution in [3.05, 3.63) is 48.3 Å². The first-order chi connectivity index (χ1) is 12.5. The van der Waals surface area contributed by atoms with E-state index in [9.17, 15) is 9.90 Å². The molecule has 26 heavy (non-hydrogen) atoms. The van der Waals surface area contributed by atoms with Crippen molar-refractivity contribution >= 4 is 28.3 Å². The average molecular weight is 349 g/mol. The number of carbonyl (C=O) groups is 1. The Morgan fingerprint density at radius 1 is 1.27 bits per heavy atom. The molecule has 0 aliphatic rings. The molecule has 0 aliphatic heterocycles.